The van der Waals surface area contributed by atoms with Crippen molar-refractivity contribution in [3.05, 3.63) is 35.9 Å². The number of benzene rings is 1. The van der Waals surface area contributed by atoms with E-state index in [1.54, 1.807) is 0 Å². The second kappa shape index (κ2) is 6.42. The molecule has 0 aliphatic heterocycles. The molecule has 0 saturated carbocycles. The maximum absolute atomic E-state index is 11.9. The lowest BCUT2D eigenvalue weighted by atomic mass is 10.2. The van der Waals surface area contributed by atoms with Crippen LogP contribution in [0.5, 0.6) is 0 Å². The lowest BCUT2D eigenvalue weighted by Crippen LogP contribution is -2.42. The molecular weight excluding hydrogens is 289 g/mol. The van der Waals surface area contributed by atoms with Crippen LogP contribution in [0.1, 0.15) is 19.4 Å². The summed E-state index contributed by atoms with van der Waals surface area (Å²) in [6.45, 7) is -0.322. The summed E-state index contributed by atoms with van der Waals surface area (Å²) in [5, 5.41) is 1.23. The molecule has 0 aliphatic carbocycles. The summed E-state index contributed by atoms with van der Waals surface area (Å²) in [4.78, 5) is 11.6. The lowest BCUT2D eigenvalue weighted by molar-refractivity contribution is 0.134. The van der Waals surface area contributed by atoms with Crippen molar-refractivity contribution in [1.29, 1.82) is 0 Å². The van der Waals surface area contributed by atoms with Crippen LogP contribution < -0.4 is 5.32 Å². The van der Waals surface area contributed by atoms with E-state index >= 15 is 0 Å². The minimum atomic E-state index is -3.47. The predicted octanol–water partition coefficient (Wildman–Crippen LogP) is 3.73. The van der Waals surface area contributed by atoms with E-state index in [-0.39, 0.29) is 6.61 Å². The minimum Gasteiger partial charge on any atom is -0.445 e. The number of alkyl carbamates (subject to hydrolysis) is 1. The summed E-state index contributed by atoms with van der Waals surface area (Å²) in [7, 11) is 1.23. The Morgan fingerprint density at radius 3 is 2.47 bits per heavy atom. The third-order valence-corrected chi connectivity index (χ3v) is 6.12. The van der Waals surface area contributed by atoms with Crippen LogP contribution in [0, 0.1) is 0 Å². The number of amides is 1. The first-order valence-electron chi connectivity index (χ1n) is 5.63. The fraction of sp³-hybridized carbons (Fsp3) is 0.417. The quantitative estimate of drug-likeness (QED) is 0.842. The molecule has 7 heteroatoms. The molecule has 0 spiro atoms. The number of rotatable bonds is 5. The SMILES string of the molecule is COP(=O)(Cl)C(C)(C)NC(=O)OCc1ccccc1. The van der Waals surface area contributed by atoms with Gasteiger partial charge in [0.25, 0.3) is 0 Å². The smallest absolute Gasteiger partial charge is 0.408 e. The number of nitrogens with one attached hydrogen (secondary N) is 1. The third-order valence-electron chi connectivity index (χ3n) is 2.52. The van der Waals surface area contributed by atoms with Crippen molar-refractivity contribution in [1.82, 2.24) is 5.32 Å². The lowest BCUT2D eigenvalue weighted by Gasteiger charge is -2.28. The standard InChI is InChI=1S/C12H17ClNO4P/c1-12(2,19(13,16)17-3)14-11(15)18-9-10-7-5-4-6-8-10/h4-8H,9H2,1-3H3,(H,14,15). The van der Waals surface area contributed by atoms with E-state index in [0.29, 0.717) is 0 Å². The highest BCUT2D eigenvalue weighted by Gasteiger charge is 2.41. The Hall–Kier alpha value is -1.03. The molecule has 0 fully saturated rings. The Bertz CT molecular complexity index is 478. The summed E-state index contributed by atoms with van der Waals surface area (Å²) in [6.07, 6.45) is -0.702. The van der Waals surface area contributed by atoms with Crippen molar-refractivity contribution >= 4 is 24.1 Å². The Morgan fingerprint density at radius 1 is 1.37 bits per heavy atom. The molecule has 5 nitrogen and oxygen atoms in total. The van der Waals surface area contributed by atoms with Crippen LogP contribution in [0.2, 0.25) is 0 Å². The van der Waals surface area contributed by atoms with Crippen molar-refractivity contribution in [2.24, 2.45) is 0 Å². The summed E-state index contributed by atoms with van der Waals surface area (Å²) in [5.74, 6) is 0. The molecule has 1 aromatic carbocycles. The van der Waals surface area contributed by atoms with Crippen molar-refractivity contribution < 1.29 is 18.6 Å². The molecule has 0 saturated heterocycles. The Morgan fingerprint density at radius 2 is 1.95 bits per heavy atom. The fourth-order valence-electron chi connectivity index (χ4n) is 1.30. The molecule has 1 N–H and O–H groups in total. The van der Waals surface area contributed by atoms with Crippen molar-refractivity contribution in [2.75, 3.05) is 7.11 Å². The highest BCUT2D eigenvalue weighted by molar-refractivity contribution is 7.86. The molecule has 0 radical (unpaired) electrons. The molecule has 19 heavy (non-hydrogen) atoms. The zero-order chi connectivity index (χ0) is 14.5. The maximum atomic E-state index is 11.9. The van der Waals surface area contributed by atoms with Crippen LogP contribution in [-0.2, 0) is 20.4 Å². The van der Waals surface area contributed by atoms with Gasteiger partial charge in [-0.15, -0.1) is 0 Å². The van der Waals surface area contributed by atoms with Crippen LogP contribution in [0.25, 0.3) is 0 Å². The van der Waals surface area contributed by atoms with Gasteiger partial charge in [0.05, 0.1) is 0 Å². The average Bonchev–Trinajstić information content (AvgIpc) is 2.37. The van der Waals surface area contributed by atoms with Gasteiger partial charge in [-0.05, 0) is 30.7 Å². The largest absolute Gasteiger partial charge is 0.445 e. The monoisotopic (exact) mass is 305 g/mol. The second-order valence-electron chi connectivity index (χ2n) is 4.41. The van der Waals surface area contributed by atoms with Gasteiger partial charge in [0.1, 0.15) is 11.9 Å². The summed E-state index contributed by atoms with van der Waals surface area (Å²) in [5.41, 5.74) is 0.858. The van der Waals surface area contributed by atoms with Gasteiger partial charge >= 0.3 is 12.8 Å². The average molecular weight is 306 g/mol. The Labute approximate surface area is 117 Å². The van der Waals surface area contributed by atoms with Gasteiger partial charge in [0.15, 0.2) is 0 Å². The molecular formula is C12H17ClNO4P. The zero-order valence-corrected chi connectivity index (χ0v) is 12.7. The molecule has 1 rings (SSSR count). The number of hydrogen-bond donors (Lipinski definition) is 1. The Balaban J connectivity index is 2.54. The topological polar surface area (TPSA) is 64.6 Å². The number of ether oxygens (including phenoxy) is 1. The maximum Gasteiger partial charge on any atom is 0.408 e. The van der Waals surface area contributed by atoms with E-state index < -0.39 is 18.1 Å². The molecule has 0 bridgehead atoms. The summed E-state index contributed by atoms with van der Waals surface area (Å²) >= 11 is 5.74. The Kier molecular flexibility index (Phi) is 5.41. The van der Waals surface area contributed by atoms with Gasteiger partial charge in [-0.1, -0.05) is 30.3 Å². The number of halogens is 1. The first-order chi connectivity index (χ1) is 8.78. The van der Waals surface area contributed by atoms with E-state index in [1.165, 1.54) is 21.0 Å². The van der Waals surface area contributed by atoms with Gasteiger partial charge in [0.2, 0.25) is 0 Å². The minimum absolute atomic E-state index is 0.127. The van der Waals surface area contributed by atoms with Gasteiger partial charge in [0, 0.05) is 7.11 Å². The van der Waals surface area contributed by atoms with Crippen molar-refractivity contribution in [3.63, 3.8) is 0 Å². The highest BCUT2D eigenvalue weighted by Crippen LogP contribution is 2.61. The van der Waals surface area contributed by atoms with Crippen LogP contribution in [0.3, 0.4) is 0 Å². The van der Waals surface area contributed by atoms with Crippen LogP contribution >= 0.6 is 18.0 Å². The van der Waals surface area contributed by atoms with Crippen molar-refractivity contribution in [2.45, 2.75) is 25.7 Å². The number of carbonyl (C=O) groups is 1. The van der Waals surface area contributed by atoms with Gasteiger partial charge in [-0.2, -0.15) is 0 Å². The molecule has 0 aromatic heterocycles. The van der Waals surface area contributed by atoms with E-state index in [9.17, 15) is 9.36 Å². The summed E-state index contributed by atoms with van der Waals surface area (Å²) < 4.78 is 21.6. The van der Waals surface area contributed by atoms with Crippen LogP contribution in [0.15, 0.2) is 30.3 Å². The van der Waals surface area contributed by atoms with Crippen LogP contribution in [0.4, 0.5) is 4.79 Å². The number of carbonyl (C=O) groups excluding carboxylic acids is 1. The van der Waals surface area contributed by atoms with Gasteiger partial charge < -0.3 is 14.6 Å². The van der Waals surface area contributed by atoms with Gasteiger partial charge in [-0.25, -0.2) is 4.79 Å². The van der Waals surface area contributed by atoms with E-state index in [2.05, 4.69) is 5.32 Å². The highest BCUT2D eigenvalue weighted by atomic mass is 35.7. The number of hydrogen-bond acceptors (Lipinski definition) is 4. The molecule has 1 amide bonds. The first kappa shape index (κ1) is 16.0. The molecule has 0 heterocycles. The molecule has 106 valence electrons. The first-order valence-corrected chi connectivity index (χ1v) is 8.16. The van der Waals surface area contributed by atoms with Crippen LogP contribution in [-0.4, -0.2) is 18.5 Å². The zero-order valence-electron chi connectivity index (χ0n) is 11.1. The fourth-order valence-corrected chi connectivity index (χ4v) is 2.11. The predicted molar refractivity (Wildman–Crippen MR) is 74.3 cm³/mol. The molecule has 1 unspecified atom stereocenters. The summed E-state index contributed by atoms with van der Waals surface area (Å²) in [6, 6.07) is 9.23. The van der Waals surface area contributed by atoms with E-state index in [4.69, 9.17) is 20.5 Å². The molecule has 1 aromatic rings. The molecule has 1 atom stereocenters. The van der Waals surface area contributed by atoms with E-state index in [0.717, 1.165) is 5.56 Å². The third kappa shape index (κ3) is 4.53. The van der Waals surface area contributed by atoms with Gasteiger partial charge in [-0.3, -0.25) is 4.57 Å². The molecule has 0 aliphatic rings. The van der Waals surface area contributed by atoms with Crippen molar-refractivity contribution in [3.8, 4) is 0 Å². The normalized spacial score (nSPS) is 14.5. The van der Waals surface area contributed by atoms with E-state index in [1.807, 2.05) is 30.3 Å². The second-order valence-corrected chi connectivity index (χ2v) is 8.19.